The van der Waals surface area contributed by atoms with Crippen molar-refractivity contribution in [1.82, 2.24) is 4.98 Å². The van der Waals surface area contributed by atoms with Crippen molar-refractivity contribution in [3.8, 4) is 0 Å². The lowest BCUT2D eigenvalue weighted by atomic mass is 10.1. The number of nitrogens with two attached hydrogens (primary N) is 1. The van der Waals surface area contributed by atoms with Crippen LogP contribution in [0.15, 0.2) is 30.3 Å². The number of primary amides is 1. The summed E-state index contributed by atoms with van der Waals surface area (Å²) < 4.78 is 0. The molecule has 2 aromatic rings. The molecule has 104 valence electrons. The molecule has 1 aromatic carbocycles. The van der Waals surface area contributed by atoms with Gasteiger partial charge in [0.15, 0.2) is 0 Å². The Balaban J connectivity index is 2.01. The molecule has 20 heavy (non-hydrogen) atoms. The lowest BCUT2D eigenvalue weighted by Crippen LogP contribution is -2.15. The summed E-state index contributed by atoms with van der Waals surface area (Å²) in [4.78, 5) is 26.1. The zero-order valence-electron chi connectivity index (χ0n) is 11.5. The van der Waals surface area contributed by atoms with Gasteiger partial charge in [0.1, 0.15) is 0 Å². The number of aryl methyl sites for hydroxylation is 2. The minimum Gasteiger partial charge on any atom is -0.366 e. The monoisotopic (exact) mass is 271 g/mol. The molecule has 2 rings (SSSR count). The van der Waals surface area contributed by atoms with Crippen LogP contribution < -0.4 is 11.1 Å². The molecule has 0 aliphatic heterocycles. The zero-order chi connectivity index (χ0) is 14.7. The lowest BCUT2D eigenvalue weighted by Gasteiger charge is -2.05. The van der Waals surface area contributed by atoms with E-state index in [-0.39, 0.29) is 5.91 Å². The predicted molar refractivity (Wildman–Crippen MR) is 77.6 cm³/mol. The summed E-state index contributed by atoms with van der Waals surface area (Å²) in [6, 6.07) is 8.46. The van der Waals surface area contributed by atoms with Gasteiger partial charge in [-0.1, -0.05) is 0 Å². The number of aromatic amines is 1. The molecular formula is C15H17N3O2. The maximum absolute atomic E-state index is 11.9. The normalized spacial score (nSPS) is 10.3. The van der Waals surface area contributed by atoms with Crippen molar-refractivity contribution in [2.75, 3.05) is 5.32 Å². The van der Waals surface area contributed by atoms with E-state index >= 15 is 0 Å². The maximum Gasteiger partial charge on any atom is 0.248 e. The standard InChI is InChI=1S/C15H17N3O2/c1-9-7-12(10(2)17-9)8-14(19)18-13-5-3-11(4-6-13)15(16)20/h3-7,17H,8H2,1-2H3,(H2,16,20)(H,18,19). The van der Waals surface area contributed by atoms with E-state index in [1.165, 1.54) is 0 Å². The van der Waals surface area contributed by atoms with Gasteiger partial charge in [-0.05, 0) is 49.7 Å². The molecule has 0 aliphatic carbocycles. The third-order valence-electron chi connectivity index (χ3n) is 3.06. The second-order valence-corrected chi connectivity index (χ2v) is 4.77. The molecule has 1 aromatic heterocycles. The first-order valence-corrected chi connectivity index (χ1v) is 6.30. The van der Waals surface area contributed by atoms with E-state index in [1.807, 2.05) is 19.9 Å². The van der Waals surface area contributed by atoms with Crippen LogP contribution in [0.4, 0.5) is 5.69 Å². The fourth-order valence-electron chi connectivity index (χ4n) is 2.06. The molecule has 0 spiro atoms. The highest BCUT2D eigenvalue weighted by atomic mass is 16.2. The molecule has 0 bridgehead atoms. The number of nitrogens with one attached hydrogen (secondary N) is 2. The maximum atomic E-state index is 11.9. The van der Waals surface area contributed by atoms with Crippen molar-refractivity contribution >= 4 is 17.5 Å². The molecule has 0 saturated heterocycles. The van der Waals surface area contributed by atoms with Gasteiger partial charge in [0.2, 0.25) is 11.8 Å². The Morgan fingerprint density at radius 2 is 1.85 bits per heavy atom. The zero-order valence-corrected chi connectivity index (χ0v) is 11.5. The number of hydrogen-bond acceptors (Lipinski definition) is 2. The highest BCUT2D eigenvalue weighted by Crippen LogP contribution is 2.13. The van der Waals surface area contributed by atoms with Crippen molar-refractivity contribution in [1.29, 1.82) is 0 Å². The fourth-order valence-corrected chi connectivity index (χ4v) is 2.06. The largest absolute Gasteiger partial charge is 0.366 e. The summed E-state index contributed by atoms with van der Waals surface area (Å²) in [5.74, 6) is -0.583. The van der Waals surface area contributed by atoms with E-state index in [0.29, 0.717) is 17.7 Å². The number of H-pyrrole nitrogens is 1. The highest BCUT2D eigenvalue weighted by molar-refractivity contribution is 5.95. The molecule has 0 saturated carbocycles. The molecule has 5 nitrogen and oxygen atoms in total. The van der Waals surface area contributed by atoms with Crippen LogP contribution in [0.2, 0.25) is 0 Å². The van der Waals surface area contributed by atoms with E-state index in [4.69, 9.17) is 5.73 Å². The number of carbonyl (C=O) groups is 2. The van der Waals surface area contributed by atoms with Gasteiger partial charge >= 0.3 is 0 Å². The SMILES string of the molecule is Cc1cc(CC(=O)Nc2ccc(C(N)=O)cc2)c(C)[nH]1. The summed E-state index contributed by atoms with van der Waals surface area (Å²) in [6.07, 6.45) is 0.313. The van der Waals surface area contributed by atoms with Gasteiger partial charge in [0, 0.05) is 22.6 Å². The molecule has 2 amide bonds. The first-order valence-electron chi connectivity index (χ1n) is 6.30. The number of aromatic nitrogens is 1. The number of rotatable bonds is 4. The van der Waals surface area contributed by atoms with Crippen LogP contribution in [0.5, 0.6) is 0 Å². The van der Waals surface area contributed by atoms with Crippen LogP contribution in [-0.2, 0) is 11.2 Å². The summed E-state index contributed by atoms with van der Waals surface area (Å²) in [7, 11) is 0. The van der Waals surface area contributed by atoms with Gasteiger partial charge < -0.3 is 16.0 Å². The van der Waals surface area contributed by atoms with Crippen LogP contribution in [0.1, 0.15) is 27.3 Å². The number of hydrogen-bond donors (Lipinski definition) is 3. The Labute approximate surface area is 117 Å². The first-order chi connectivity index (χ1) is 9.45. The third kappa shape index (κ3) is 3.26. The summed E-state index contributed by atoms with van der Waals surface area (Å²) in [5.41, 5.74) is 9.24. The van der Waals surface area contributed by atoms with Crippen molar-refractivity contribution in [2.45, 2.75) is 20.3 Å². The van der Waals surface area contributed by atoms with Crippen LogP contribution in [0.3, 0.4) is 0 Å². The molecule has 4 N–H and O–H groups in total. The summed E-state index contributed by atoms with van der Waals surface area (Å²) in [6.45, 7) is 3.90. The summed E-state index contributed by atoms with van der Waals surface area (Å²) >= 11 is 0. The Kier molecular flexibility index (Phi) is 3.89. The Morgan fingerprint density at radius 3 is 2.35 bits per heavy atom. The minimum absolute atomic E-state index is 0.0982. The van der Waals surface area contributed by atoms with Gasteiger partial charge in [-0.3, -0.25) is 9.59 Å². The first kappa shape index (κ1) is 13.9. The molecule has 0 aliphatic rings. The minimum atomic E-state index is -0.485. The van der Waals surface area contributed by atoms with E-state index in [2.05, 4.69) is 10.3 Å². The Hall–Kier alpha value is -2.56. The molecular weight excluding hydrogens is 254 g/mol. The van der Waals surface area contributed by atoms with Crippen molar-refractivity contribution in [2.24, 2.45) is 5.73 Å². The van der Waals surface area contributed by atoms with Gasteiger partial charge in [-0.2, -0.15) is 0 Å². The average Bonchev–Trinajstić information content (AvgIpc) is 2.68. The highest BCUT2D eigenvalue weighted by Gasteiger charge is 2.09. The van der Waals surface area contributed by atoms with E-state index < -0.39 is 5.91 Å². The van der Waals surface area contributed by atoms with Crippen molar-refractivity contribution < 1.29 is 9.59 Å². The molecule has 0 radical (unpaired) electrons. The average molecular weight is 271 g/mol. The van der Waals surface area contributed by atoms with Gasteiger partial charge in [0.25, 0.3) is 0 Å². The number of amides is 2. The predicted octanol–water partition coefficient (Wildman–Crippen LogP) is 1.91. The van der Waals surface area contributed by atoms with Crippen LogP contribution in [0, 0.1) is 13.8 Å². The number of benzene rings is 1. The lowest BCUT2D eigenvalue weighted by molar-refractivity contribution is -0.115. The Morgan fingerprint density at radius 1 is 1.20 bits per heavy atom. The van der Waals surface area contributed by atoms with Crippen LogP contribution >= 0.6 is 0 Å². The van der Waals surface area contributed by atoms with Gasteiger partial charge in [-0.15, -0.1) is 0 Å². The second-order valence-electron chi connectivity index (χ2n) is 4.77. The van der Waals surface area contributed by atoms with Crippen LogP contribution in [0.25, 0.3) is 0 Å². The molecule has 0 unspecified atom stereocenters. The number of carbonyl (C=O) groups excluding carboxylic acids is 2. The van der Waals surface area contributed by atoms with Crippen LogP contribution in [-0.4, -0.2) is 16.8 Å². The molecule has 5 heteroatoms. The van der Waals surface area contributed by atoms with Gasteiger partial charge in [0.05, 0.1) is 6.42 Å². The quantitative estimate of drug-likeness (QED) is 0.793. The summed E-state index contributed by atoms with van der Waals surface area (Å²) in [5, 5.41) is 2.79. The van der Waals surface area contributed by atoms with Crippen molar-refractivity contribution in [3.05, 3.63) is 52.8 Å². The second kappa shape index (κ2) is 5.61. The molecule has 1 heterocycles. The molecule has 0 atom stereocenters. The molecule has 0 fully saturated rings. The topological polar surface area (TPSA) is 88.0 Å². The van der Waals surface area contributed by atoms with E-state index in [9.17, 15) is 9.59 Å². The Bertz CT molecular complexity index is 642. The fraction of sp³-hybridized carbons (Fsp3) is 0.200. The smallest absolute Gasteiger partial charge is 0.248 e. The van der Waals surface area contributed by atoms with E-state index in [0.717, 1.165) is 17.0 Å². The van der Waals surface area contributed by atoms with E-state index in [1.54, 1.807) is 24.3 Å². The number of anilines is 1. The third-order valence-corrected chi connectivity index (χ3v) is 3.06. The van der Waals surface area contributed by atoms with Gasteiger partial charge in [-0.25, -0.2) is 0 Å². The van der Waals surface area contributed by atoms with Crippen molar-refractivity contribution in [3.63, 3.8) is 0 Å².